The Morgan fingerprint density at radius 1 is 0.435 bits per heavy atom. The zero-order valence-electron chi connectivity index (χ0n) is 24.6. The molecule has 7 aromatic carbocycles. The maximum atomic E-state index is 6.44. The van der Waals surface area contributed by atoms with Crippen LogP contribution in [0.1, 0.15) is 0 Å². The average Bonchev–Trinajstić information content (AvgIpc) is 3.70. The summed E-state index contributed by atoms with van der Waals surface area (Å²) in [6.07, 6.45) is 0. The topological polar surface area (TPSA) is 38.9 Å². The van der Waals surface area contributed by atoms with Crippen molar-refractivity contribution in [3.05, 3.63) is 146 Å². The van der Waals surface area contributed by atoms with Gasteiger partial charge in [-0.2, -0.15) is 0 Å². The Morgan fingerprint density at radius 3 is 2.09 bits per heavy atom. The lowest BCUT2D eigenvalue weighted by atomic mass is 9.99. The monoisotopic (exact) mass is 604 g/mol. The van der Waals surface area contributed by atoms with Crippen LogP contribution in [0.15, 0.2) is 150 Å². The van der Waals surface area contributed by atoms with Crippen LogP contribution >= 0.6 is 11.3 Å². The van der Waals surface area contributed by atoms with Crippen molar-refractivity contribution in [2.24, 2.45) is 0 Å². The van der Waals surface area contributed by atoms with E-state index < -0.39 is 0 Å². The summed E-state index contributed by atoms with van der Waals surface area (Å²) < 4.78 is 9.05. The molecule has 10 rings (SSSR count). The van der Waals surface area contributed by atoms with Gasteiger partial charge in [0.15, 0.2) is 5.82 Å². The molecule has 0 aliphatic heterocycles. The van der Waals surface area contributed by atoms with E-state index in [1.807, 2.05) is 17.4 Å². The summed E-state index contributed by atoms with van der Waals surface area (Å²) in [5.41, 5.74) is 7.84. The SMILES string of the molecule is c1ccc(-c2nc(-c3cccc(-c4ccc5sc6ccccc6c5c4)c3)nc3c2ccc2oc4ccc5ccccc5c4c23)cc1. The third-order valence-corrected chi connectivity index (χ3v) is 10.2. The number of benzene rings is 7. The minimum absolute atomic E-state index is 0.692. The Hall–Kier alpha value is -5.84. The number of furan rings is 1. The van der Waals surface area contributed by atoms with Crippen LogP contribution in [0.5, 0.6) is 0 Å². The normalized spacial score (nSPS) is 11.9. The second-order valence-corrected chi connectivity index (χ2v) is 12.8. The van der Waals surface area contributed by atoms with E-state index in [1.54, 1.807) is 0 Å². The lowest BCUT2D eigenvalue weighted by molar-refractivity contribution is 0.669. The minimum atomic E-state index is 0.692. The Labute approximate surface area is 268 Å². The molecule has 4 heteroatoms. The molecule has 10 aromatic rings. The summed E-state index contributed by atoms with van der Waals surface area (Å²) in [6.45, 7) is 0. The van der Waals surface area contributed by atoms with E-state index in [0.717, 1.165) is 60.6 Å². The lowest BCUT2D eigenvalue weighted by Crippen LogP contribution is -1.96. The third-order valence-electron chi connectivity index (χ3n) is 9.07. The quantitative estimate of drug-likeness (QED) is 0.201. The molecule has 0 N–H and O–H groups in total. The molecule has 0 spiro atoms. The van der Waals surface area contributed by atoms with Crippen LogP contribution in [0, 0.1) is 0 Å². The van der Waals surface area contributed by atoms with Gasteiger partial charge in [-0.05, 0) is 64.4 Å². The first-order valence-corrected chi connectivity index (χ1v) is 16.2. The second kappa shape index (κ2) is 9.83. The predicted octanol–water partition coefficient (Wildman–Crippen LogP) is 12.1. The van der Waals surface area contributed by atoms with Crippen LogP contribution in [-0.2, 0) is 0 Å². The molecule has 0 saturated heterocycles. The summed E-state index contributed by atoms with van der Waals surface area (Å²) in [4.78, 5) is 10.6. The zero-order chi connectivity index (χ0) is 30.2. The van der Waals surface area contributed by atoms with Gasteiger partial charge in [-0.3, -0.25) is 0 Å². The molecule has 46 heavy (non-hydrogen) atoms. The van der Waals surface area contributed by atoms with Crippen LogP contribution in [0.4, 0.5) is 0 Å². The molecule has 214 valence electrons. The summed E-state index contributed by atoms with van der Waals surface area (Å²) >= 11 is 1.84. The predicted molar refractivity (Wildman–Crippen MR) is 194 cm³/mol. The molecule has 0 aliphatic carbocycles. The van der Waals surface area contributed by atoms with Gasteiger partial charge in [-0.25, -0.2) is 9.97 Å². The summed E-state index contributed by atoms with van der Waals surface area (Å²) in [5, 5.41) is 8.04. The van der Waals surface area contributed by atoms with Crippen molar-refractivity contribution < 1.29 is 4.42 Å². The highest BCUT2D eigenvalue weighted by Crippen LogP contribution is 2.41. The van der Waals surface area contributed by atoms with Gasteiger partial charge >= 0.3 is 0 Å². The molecule has 0 radical (unpaired) electrons. The maximum Gasteiger partial charge on any atom is 0.160 e. The van der Waals surface area contributed by atoms with Crippen molar-refractivity contribution in [3.8, 4) is 33.8 Å². The molecule has 0 amide bonds. The molecule has 0 bridgehead atoms. The van der Waals surface area contributed by atoms with Crippen LogP contribution in [-0.4, -0.2) is 9.97 Å². The number of nitrogens with zero attached hydrogens (tertiary/aromatic N) is 2. The van der Waals surface area contributed by atoms with Gasteiger partial charge in [-0.1, -0.05) is 103 Å². The van der Waals surface area contributed by atoms with Crippen molar-refractivity contribution in [2.75, 3.05) is 0 Å². The van der Waals surface area contributed by atoms with Gasteiger partial charge in [0, 0.05) is 42.1 Å². The highest BCUT2D eigenvalue weighted by atomic mass is 32.1. The maximum absolute atomic E-state index is 6.44. The Balaban J connectivity index is 1.24. The van der Waals surface area contributed by atoms with E-state index in [2.05, 4.69) is 140 Å². The van der Waals surface area contributed by atoms with E-state index in [9.17, 15) is 0 Å². The fraction of sp³-hybridized carbons (Fsp3) is 0. The van der Waals surface area contributed by atoms with Gasteiger partial charge in [0.1, 0.15) is 11.2 Å². The number of aromatic nitrogens is 2. The van der Waals surface area contributed by atoms with Crippen molar-refractivity contribution in [1.82, 2.24) is 9.97 Å². The Bertz CT molecular complexity index is 2810. The fourth-order valence-corrected chi connectivity index (χ4v) is 7.99. The summed E-state index contributed by atoms with van der Waals surface area (Å²) in [5.74, 6) is 0.692. The molecular weight excluding hydrogens is 581 g/mol. The first-order valence-electron chi connectivity index (χ1n) is 15.4. The molecule has 0 saturated carbocycles. The van der Waals surface area contributed by atoms with Crippen molar-refractivity contribution >= 4 is 75.1 Å². The van der Waals surface area contributed by atoms with Crippen LogP contribution in [0.2, 0.25) is 0 Å². The van der Waals surface area contributed by atoms with Crippen molar-refractivity contribution in [3.63, 3.8) is 0 Å². The summed E-state index contributed by atoms with van der Waals surface area (Å²) in [6, 6.07) is 51.3. The molecule has 0 aliphatic rings. The number of thiophene rings is 1. The largest absolute Gasteiger partial charge is 0.456 e. The molecule has 3 heterocycles. The summed E-state index contributed by atoms with van der Waals surface area (Å²) in [7, 11) is 0. The molecule has 0 unspecified atom stereocenters. The highest BCUT2D eigenvalue weighted by molar-refractivity contribution is 7.25. The van der Waals surface area contributed by atoms with Gasteiger partial charge in [-0.15, -0.1) is 11.3 Å². The lowest BCUT2D eigenvalue weighted by Gasteiger charge is -2.11. The Morgan fingerprint density at radius 2 is 1.15 bits per heavy atom. The van der Waals surface area contributed by atoms with E-state index in [1.165, 1.54) is 31.1 Å². The van der Waals surface area contributed by atoms with Crippen molar-refractivity contribution in [2.45, 2.75) is 0 Å². The standard InChI is InChI=1S/C42H24N2OS/c1-2-10-26(11-3-1)40-32-19-21-35-39(38-30-14-5-4-9-25(30)17-20-34(38)45-35)41(32)44-42(43-40)29-13-8-12-27(23-29)28-18-22-37-33(24-28)31-15-6-7-16-36(31)46-37/h1-24H. The number of fused-ring (bicyclic) bond motifs is 10. The smallest absolute Gasteiger partial charge is 0.160 e. The zero-order valence-corrected chi connectivity index (χ0v) is 25.4. The van der Waals surface area contributed by atoms with E-state index in [0.29, 0.717) is 5.82 Å². The van der Waals surface area contributed by atoms with E-state index in [-0.39, 0.29) is 0 Å². The van der Waals surface area contributed by atoms with Gasteiger partial charge < -0.3 is 4.42 Å². The Kier molecular flexibility index (Phi) is 5.45. The molecule has 3 nitrogen and oxygen atoms in total. The van der Waals surface area contributed by atoms with Crippen LogP contribution < -0.4 is 0 Å². The average molecular weight is 605 g/mol. The van der Waals surface area contributed by atoms with E-state index in [4.69, 9.17) is 14.4 Å². The minimum Gasteiger partial charge on any atom is -0.456 e. The molecule has 0 atom stereocenters. The molecular formula is C42H24N2OS. The van der Waals surface area contributed by atoms with E-state index >= 15 is 0 Å². The van der Waals surface area contributed by atoms with Gasteiger partial charge in [0.05, 0.1) is 16.6 Å². The molecule has 3 aromatic heterocycles. The fourth-order valence-electron chi connectivity index (χ4n) is 6.91. The van der Waals surface area contributed by atoms with Crippen LogP contribution in [0.25, 0.3) is 97.6 Å². The first kappa shape index (κ1) is 25.5. The van der Waals surface area contributed by atoms with Gasteiger partial charge in [0.25, 0.3) is 0 Å². The second-order valence-electron chi connectivity index (χ2n) is 11.7. The third kappa shape index (κ3) is 3.84. The molecule has 0 fully saturated rings. The van der Waals surface area contributed by atoms with Crippen LogP contribution in [0.3, 0.4) is 0 Å². The number of hydrogen-bond acceptors (Lipinski definition) is 4. The van der Waals surface area contributed by atoms with Crippen molar-refractivity contribution in [1.29, 1.82) is 0 Å². The first-order chi connectivity index (χ1) is 22.8. The number of rotatable bonds is 3. The highest BCUT2D eigenvalue weighted by Gasteiger charge is 2.19. The number of hydrogen-bond donors (Lipinski definition) is 0. The van der Waals surface area contributed by atoms with Gasteiger partial charge in [0.2, 0.25) is 0 Å².